The van der Waals surface area contributed by atoms with E-state index in [0.29, 0.717) is 6.42 Å². The molecule has 0 saturated heterocycles. The third-order valence-corrected chi connectivity index (χ3v) is 4.51. The minimum Gasteiger partial charge on any atom is -0.478 e. The van der Waals surface area contributed by atoms with E-state index in [1.807, 2.05) is 6.92 Å². The van der Waals surface area contributed by atoms with Gasteiger partial charge in [0.15, 0.2) is 0 Å². The van der Waals surface area contributed by atoms with Crippen LogP contribution >= 0.6 is 0 Å². The second-order valence-corrected chi connectivity index (χ2v) is 5.85. The molecule has 6 heteroatoms. The van der Waals surface area contributed by atoms with Crippen LogP contribution in [-0.4, -0.2) is 25.5 Å². The summed E-state index contributed by atoms with van der Waals surface area (Å²) in [6.45, 7) is 5.12. The largest absolute Gasteiger partial charge is 0.478 e. The summed E-state index contributed by atoms with van der Waals surface area (Å²) in [6, 6.07) is 4.04. The lowest BCUT2D eigenvalue weighted by Gasteiger charge is -2.14. The summed E-state index contributed by atoms with van der Waals surface area (Å²) in [5, 5.41) is 8.97. The number of nitrogens with one attached hydrogen (secondary N) is 1. The monoisotopic (exact) mass is 271 g/mol. The number of rotatable bonds is 5. The van der Waals surface area contributed by atoms with Gasteiger partial charge in [0.25, 0.3) is 0 Å². The Morgan fingerprint density at radius 2 is 2.06 bits per heavy atom. The van der Waals surface area contributed by atoms with Crippen molar-refractivity contribution in [1.82, 2.24) is 4.72 Å². The molecule has 0 spiro atoms. The number of benzene rings is 1. The van der Waals surface area contributed by atoms with Crippen molar-refractivity contribution in [3.05, 3.63) is 29.3 Å². The van der Waals surface area contributed by atoms with E-state index >= 15 is 0 Å². The fourth-order valence-electron chi connectivity index (χ4n) is 1.55. The van der Waals surface area contributed by atoms with Crippen LogP contribution in [0.1, 0.15) is 36.2 Å². The number of aromatic carboxylic acids is 1. The highest BCUT2D eigenvalue weighted by molar-refractivity contribution is 7.89. The molecule has 1 aromatic carbocycles. The van der Waals surface area contributed by atoms with Crippen molar-refractivity contribution in [1.29, 1.82) is 0 Å². The molecule has 2 N–H and O–H groups in total. The lowest BCUT2D eigenvalue weighted by atomic mass is 10.1. The van der Waals surface area contributed by atoms with Crippen LogP contribution < -0.4 is 4.72 Å². The number of carboxylic acid groups (broad SMARTS) is 1. The smallest absolute Gasteiger partial charge is 0.335 e. The zero-order valence-electron chi connectivity index (χ0n) is 10.6. The highest BCUT2D eigenvalue weighted by Gasteiger charge is 2.21. The van der Waals surface area contributed by atoms with E-state index in [1.165, 1.54) is 25.1 Å². The van der Waals surface area contributed by atoms with E-state index in [9.17, 15) is 13.2 Å². The predicted octanol–water partition coefficient (Wildman–Crippen LogP) is 1.77. The van der Waals surface area contributed by atoms with Crippen LogP contribution in [0.4, 0.5) is 0 Å². The molecule has 1 unspecified atom stereocenters. The average molecular weight is 271 g/mol. The standard InChI is InChI=1S/C12H17NO4S/c1-4-8(2)13-18(16,17)11-7-5-6-10(9(11)3)12(14)15/h5-8,13H,4H2,1-3H3,(H,14,15). The molecule has 0 aromatic heterocycles. The highest BCUT2D eigenvalue weighted by Crippen LogP contribution is 2.19. The molecule has 0 amide bonds. The molecule has 0 bridgehead atoms. The molecule has 1 atom stereocenters. The van der Waals surface area contributed by atoms with Crippen molar-refractivity contribution >= 4 is 16.0 Å². The Morgan fingerprint density at radius 1 is 1.44 bits per heavy atom. The molecular formula is C12H17NO4S. The molecule has 1 aromatic rings. The first-order chi connectivity index (χ1) is 8.29. The highest BCUT2D eigenvalue weighted by atomic mass is 32.2. The number of carboxylic acids is 1. The van der Waals surface area contributed by atoms with E-state index in [0.717, 1.165) is 0 Å². The third-order valence-electron chi connectivity index (χ3n) is 2.77. The fourth-order valence-corrected chi connectivity index (χ4v) is 3.14. The average Bonchev–Trinajstić information content (AvgIpc) is 2.27. The van der Waals surface area contributed by atoms with Crippen molar-refractivity contribution in [2.75, 3.05) is 0 Å². The van der Waals surface area contributed by atoms with Gasteiger partial charge >= 0.3 is 5.97 Å². The Morgan fingerprint density at radius 3 is 2.56 bits per heavy atom. The zero-order valence-corrected chi connectivity index (χ0v) is 11.4. The molecule has 0 saturated carbocycles. The maximum atomic E-state index is 12.1. The minimum atomic E-state index is -3.67. The lowest BCUT2D eigenvalue weighted by Crippen LogP contribution is -2.32. The second-order valence-electron chi connectivity index (χ2n) is 4.16. The fraction of sp³-hybridized carbons (Fsp3) is 0.417. The van der Waals surface area contributed by atoms with Crippen LogP contribution in [0.15, 0.2) is 23.1 Å². The molecule has 0 fully saturated rings. The maximum Gasteiger partial charge on any atom is 0.335 e. The topological polar surface area (TPSA) is 83.5 Å². The summed E-state index contributed by atoms with van der Waals surface area (Å²) < 4.78 is 26.7. The van der Waals surface area contributed by atoms with Crippen molar-refractivity contribution in [3.8, 4) is 0 Å². The molecule has 0 heterocycles. The van der Waals surface area contributed by atoms with Gasteiger partial charge in [-0.05, 0) is 38.0 Å². The summed E-state index contributed by atoms with van der Waals surface area (Å²) in [7, 11) is -3.67. The van der Waals surface area contributed by atoms with Crippen LogP contribution in [0.3, 0.4) is 0 Å². The molecular weight excluding hydrogens is 254 g/mol. The second kappa shape index (κ2) is 5.49. The molecule has 100 valence electrons. The molecule has 0 aliphatic rings. The van der Waals surface area contributed by atoms with Gasteiger partial charge in [0.2, 0.25) is 10.0 Å². The van der Waals surface area contributed by atoms with Crippen molar-refractivity contribution in [2.45, 2.75) is 38.1 Å². The van der Waals surface area contributed by atoms with Crippen LogP contribution in [0, 0.1) is 6.92 Å². The summed E-state index contributed by atoms with van der Waals surface area (Å²) in [5.74, 6) is -1.13. The molecule has 18 heavy (non-hydrogen) atoms. The summed E-state index contributed by atoms with van der Waals surface area (Å²) in [5.41, 5.74) is 0.253. The van der Waals surface area contributed by atoms with Crippen molar-refractivity contribution in [2.24, 2.45) is 0 Å². The SMILES string of the molecule is CCC(C)NS(=O)(=O)c1cccc(C(=O)O)c1C. The van der Waals surface area contributed by atoms with Crippen molar-refractivity contribution < 1.29 is 18.3 Å². The summed E-state index contributed by atoms with van der Waals surface area (Å²) in [4.78, 5) is 11.0. The van der Waals surface area contributed by atoms with Crippen LogP contribution in [0.2, 0.25) is 0 Å². The minimum absolute atomic E-state index is 0.00188. The molecule has 0 aliphatic heterocycles. The van der Waals surface area contributed by atoms with Crippen molar-refractivity contribution in [3.63, 3.8) is 0 Å². The third kappa shape index (κ3) is 3.08. The van der Waals surface area contributed by atoms with E-state index in [-0.39, 0.29) is 22.1 Å². The van der Waals surface area contributed by atoms with Gasteiger partial charge in [0.05, 0.1) is 10.5 Å². The van der Waals surface area contributed by atoms with Crippen LogP contribution in [-0.2, 0) is 10.0 Å². The first-order valence-electron chi connectivity index (χ1n) is 5.64. The van der Waals surface area contributed by atoms with E-state index in [4.69, 9.17) is 5.11 Å². The quantitative estimate of drug-likeness (QED) is 0.855. The molecule has 1 rings (SSSR count). The van der Waals surface area contributed by atoms with E-state index < -0.39 is 16.0 Å². The molecule has 5 nitrogen and oxygen atoms in total. The Kier molecular flexibility index (Phi) is 4.48. The zero-order chi connectivity index (χ0) is 13.9. The summed E-state index contributed by atoms with van der Waals surface area (Å²) in [6.07, 6.45) is 0.664. The Balaban J connectivity index is 3.26. The predicted molar refractivity (Wildman–Crippen MR) is 68.2 cm³/mol. The Bertz CT molecular complexity index is 551. The van der Waals surface area contributed by atoms with Gasteiger partial charge in [-0.25, -0.2) is 17.9 Å². The summed E-state index contributed by atoms with van der Waals surface area (Å²) >= 11 is 0. The van der Waals surface area contributed by atoms with Gasteiger partial charge in [-0.3, -0.25) is 0 Å². The lowest BCUT2D eigenvalue weighted by molar-refractivity contribution is 0.0696. The van der Waals surface area contributed by atoms with Crippen LogP contribution in [0.5, 0.6) is 0 Å². The molecule has 0 aliphatic carbocycles. The maximum absolute atomic E-state index is 12.1. The van der Waals surface area contributed by atoms with Gasteiger partial charge in [-0.1, -0.05) is 13.0 Å². The van der Waals surface area contributed by atoms with Gasteiger partial charge in [-0.2, -0.15) is 0 Å². The number of sulfonamides is 1. The Labute approximate surface area is 107 Å². The first-order valence-corrected chi connectivity index (χ1v) is 7.13. The normalized spacial score (nSPS) is 13.3. The van der Waals surface area contributed by atoms with Crippen LogP contribution in [0.25, 0.3) is 0 Å². The van der Waals surface area contributed by atoms with Gasteiger partial charge < -0.3 is 5.11 Å². The molecule has 0 radical (unpaired) electrons. The van der Waals surface area contributed by atoms with E-state index in [1.54, 1.807) is 6.92 Å². The van der Waals surface area contributed by atoms with Gasteiger partial charge in [-0.15, -0.1) is 0 Å². The van der Waals surface area contributed by atoms with E-state index in [2.05, 4.69) is 4.72 Å². The Hall–Kier alpha value is -1.40. The van der Waals surface area contributed by atoms with Gasteiger partial charge in [0.1, 0.15) is 0 Å². The number of hydrogen-bond donors (Lipinski definition) is 2. The first kappa shape index (κ1) is 14.7. The number of hydrogen-bond acceptors (Lipinski definition) is 3. The number of carbonyl (C=O) groups is 1. The van der Waals surface area contributed by atoms with Gasteiger partial charge in [0, 0.05) is 6.04 Å².